The molecule has 7 heteroatoms. The minimum Gasteiger partial charge on any atom is -0.296 e. The summed E-state index contributed by atoms with van der Waals surface area (Å²) in [7, 11) is 0.367. The molecule has 3 heterocycles. The number of ketones is 1. The van der Waals surface area contributed by atoms with E-state index in [1.54, 1.807) is 6.92 Å². The van der Waals surface area contributed by atoms with Crippen LogP contribution in [0.5, 0.6) is 0 Å². The van der Waals surface area contributed by atoms with Crippen LogP contribution in [-0.2, 0) is 14.4 Å². The van der Waals surface area contributed by atoms with Gasteiger partial charge in [-0.15, -0.1) is 0 Å². The Hall–Kier alpha value is -1.89. The van der Waals surface area contributed by atoms with Crippen LogP contribution in [0.25, 0.3) is 0 Å². The van der Waals surface area contributed by atoms with Crippen LogP contribution >= 0.6 is 10.0 Å². The van der Waals surface area contributed by atoms with Crippen molar-refractivity contribution in [2.24, 2.45) is 5.41 Å². The van der Waals surface area contributed by atoms with E-state index in [0.29, 0.717) is 6.42 Å². The van der Waals surface area contributed by atoms with Gasteiger partial charge in [-0.25, -0.2) is 14.8 Å². The molecule has 4 amide bonds. The highest BCUT2D eigenvalue weighted by Crippen LogP contribution is 2.61. The first-order valence-electron chi connectivity index (χ1n) is 12.1. The van der Waals surface area contributed by atoms with Crippen LogP contribution < -0.4 is 0 Å². The molecule has 4 rings (SSSR count). The summed E-state index contributed by atoms with van der Waals surface area (Å²) >= 11 is 0. The van der Waals surface area contributed by atoms with Crippen molar-refractivity contribution in [3.8, 4) is 0 Å². The molecule has 0 aromatic carbocycles. The zero-order valence-electron chi connectivity index (χ0n) is 19.4. The van der Waals surface area contributed by atoms with E-state index in [1.165, 1.54) is 7.05 Å². The number of nitrogens with zero attached hydrogens (tertiary/aromatic N) is 2. The van der Waals surface area contributed by atoms with Gasteiger partial charge in [0.05, 0.1) is 6.54 Å². The quantitative estimate of drug-likeness (QED) is 0.466. The van der Waals surface area contributed by atoms with Gasteiger partial charge >= 0.3 is 6.03 Å². The van der Waals surface area contributed by atoms with E-state index in [9.17, 15) is 19.2 Å². The Labute approximate surface area is 192 Å². The molecule has 2 fully saturated rings. The number of hydrogen-bond donors (Lipinski definition) is 0. The fourth-order valence-corrected chi connectivity index (χ4v) is 10.9. The van der Waals surface area contributed by atoms with Crippen molar-refractivity contribution < 1.29 is 19.2 Å². The SMILES string of the molecule is CN1C(=O)N(CC(=O)C2CCCS23CCC=CCCC3)C(=O)C(C)(C2=CCCCC2)C1=O. The van der Waals surface area contributed by atoms with E-state index in [1.807, 2.05) is 6.08 Å². The van der Waals surface area contributed by atoms with Crippen molar-refractivity contribution in [3.63, 3.8) is 0 Å². The highest BCUT2D eigenvalue weighted by atomic mass is 32.3. The monoisotopic (exact) mass is 460 g/mol. The lowest BCUT2D eigenvalue weighted by Crippen LogP contribution is -2.65. The van der Waals surface area contributed by atoms with Crippen LogP contribution in [-0.4, -0.2) is 69.5 Å². The predicted octanol–water partition coefficient (Wildman–Crippen LogP) is 4.19. The van der Waals surface area contributed by atoms with Gasteiger partial charge in [-0.1, -0.05) is 18.2 Å². The number of amides is 4. The first-order chi connectivity index (χ1) is 15.3. The zero-order valence-corrected chi connectivity index (χ0v) is 20.3. The molecule has 0 saturated carbocycles. The number of carbonyl (C=O) groups is 4. The molecule has 1 aliphatic carbocycles. The van der Waals surface area contributed by atoms with Crippen LogP contribution in [0.4, 0.5) is 4.79 Å². The summed E-state index contributed by atoms with van der Waals surface area (Å²) < 4.78 is 0. The summed E-state index contributed by atoms with van der Waals surface area (Å²) in [5, 5.41) is -0.0299. The van der Waals surface area contributed by atoms with Crippen LogP contribution in [0.2, 0.25) is 0 Å². The molecule has 0 radical (unpaired) electrons. The highest BCUT2D eigenvalue weighted by Gasteiger charge is 2.56. The average molecular weight is 461 g/mol. The van der Waals surface area contributed by atoms with Gasteiger partial charge in [-0.2, -0.15) is 0 Å². The fraction of sp³-hybridized carbons (Fsp3) is 0.680. The maximum Gasteiger partial charge on any atom is 0.333 e. The Morgan fingerprint density at radius 2 is 1.75 bits per heavy atom. The second-order valence-electron chi connectivity index (χ2n) is 9.86. The van der Waals surface area contributed by atoms with Gasteiger partial charge in [0.2, 0.25) is 5.91 Å². The molecular formula is C25H36N2O4S. The number of allylic oxidation sites excluding steroid dienone is 3. The van der Waals surface area contributed by atoms with Crippen molar-refractivity contribution in [3.05, 3.63) is 23.8 Å². The van der Waals surface area contributed by atoms with Gasteiger partial charge in [-0.3, -0.25) is 24.2 Å². The fourth-order valence-electron chi connectivity index (χ4n) is 6.02. The maximum atomic E-state index is 13.6. The molecule has 6 nitrogen and oxygen atoms in total. The molecule has 3 unspecified atom stereocenters. The van der Waals surface area contributed by atoms with Gasteiger partial charge in [0, 0.05) is 12.3 Å². The van der Waals surface area contributed by atoms with Gasteiger partial charge in [0.25, 0.3) is 5.91 Å². The van der Waals surface area contributed by atoms with Gasteiger partial charge in [0.1, 0.15) is 5.41 Å². The molecule has 32 heavy (non-hydrogen) atoms. The van der Waals surface area contributed by atoms with E-state index in [-0.39, 0.29) is 17.6 Å². The number of barbiturate groups is 1. The molecule has 4 aliphatic rings. The predicted molar refractivity (Wildman–Crippen MR) is 128 cm³/mol. The third kappa shape index (κ3) is 3.87. The van der Waals surface area contributed by atoms with Crippen LogP contribution in [0.1, 0.15) is 64.7 Å². The van der Waals surface area contributed by atoms with Crippen LogP contribution in [0.15, 0.2) is 23.8 Å². The van der Waals surface area contributed by atoms with E-state index in [0.717, 1.165) is 84.0 Å². The number of rotatable bonds is 4. The van der Waals surface area contributed by atoms with Crippen molar-refractivity contribution in [2.75, 3.05) is 30.9 Å². The normalized spacial score (nSPS) is 36.0. The van der Waals surface area contributed by atoms with E-state index in [2.05, 4.69) is 12.2 Å². The molecule has 0 aromatic rings. The molecule has 1 spiro atoms. The Balaban J connectivity index is 1.58. The summed E-state index contributed by atoms with van der Waals surface area (Å²) in [5.41, 5.74) is -0.584. The topological polar surface area (TPSA) is 74.8 Å². The van der Waals surface area contributed by atoms with Crippen molar-refractivity contribution in [1.29, 1.82) is 0 Å². The third-order valence-corrected chi connectivity index (χ3v) is 12.9. The molecule has 176 valence electrons. The Morgan fingerprint density at radius 1 is 1.00 bits per heavy atom. The van der Waals surface area contributed by atoms with Gasteiger partial charge in [0.15, 0.2) is 5.78 Å². The first kappa shape index (κ1) is 23.3. The molecule has 0 N–H and O–H groups in total. The Bertz CT molecular complexity index is 881. The number of carbonyl (C=O) groups excluding carboxylic acids is 4. The van der Waals surface area contributed by atoms with Gasteiger partial charge < -0.3 is 0 Å². The molecule has 0 bridgehead atoms. The molecular weight excluding hydrogens is 424 g/mol. The standard InChI is InChI=1S/C25H36N2O4S/c1-25(19-12-7-6-8-13-19)22(29)26(2)24(31)27(23(25)30)18-20(28)21-14-11-17-32(21)15-9-4-3-5-10-16-32/h3-4,12,21H,5-11,13-18H2,1-2H3. The summed E-state index contributed by atoms with van der Waals surface area (Å²) in [6, 6.07) is -0.662. The Morgan fingerprint density at radius 3 is 2.50 bits per heavy atom. The summed E-state index contributed by atoms with van der Waals surface area (Å²) in [6.45, 7) is 1.44. The smallest absolute Gasteiger partial charge is 0.296 e. The number of Topliss-reactive ketones (excluding diaryl/α,β-unsaturated/α-hetero) is 1. The second kappa shape index (κ2) is 9.16. The minimum atomic E-state index is -1.38. The van der Waals surface area contributed by atoms with Crippen molar-refractivity contribution in [1.82, 2.24) is 9.80 Å². The van der Waals surface area contributed by atoms with Crippen LogP contribution in [0, 0.1) is 5.41 Å². The van der Waals surface area contributed by atoms with Crippen LogP contribution in [0.3, 0.4) is 0 Å². The Kier molecular flexibility index (Phi) is 6.66. The largest absolute Gasteiger partial charge is 0.333 e. The summed E-state index contributed by atoms with van der Waals surface area (Å²) in [5.74, 6) is 2.34. The molecule has 2 saturated heterocycles. The van der Waals surface area contributed by atoms with E-state index in [4.69, 9.17) is 0 Å². The zero-order chi connectivity index (χ0) is 22.9. The minimum absolute atomic E-state index is 0.0199. The second-order valence-corrected chi connectivity index (χ2v) is 13.9. The number of imide groups is 2. The number of urea groups is 1. The molecule has 0 aromatic heterocycles. The number of hydrogen-bond acceptors (Lipinski definition) is 4. The average Bonchev–Trinajstić information content (AvgIpc) is 3.21. The van der Waals surface area contributed by atoms with Gasteiger partial charge in [-0.05, 0) is 87.5 Å². The third-order valence-electron chi connectivity index (χ3n) is 7.93. The van der Waals surface area contributed by atoms with Crippen molar-refractivity contribution in [2.45, 2.75) is 70.0 Å². The summed E-state index contributed by atoms with van der Waals surface area (Å²) in [6.07, 6.45) is 15.1. The molecule has 3 atom stereocenters. The van der Waals surface area contributed by atoms with E-state index < -0.39 is 33.3 Å². The lowest BCUT2D eigenvalue weighted by molar-refractivity contribution is -0.155. The lowest BCUT2D eigenvalue weighted by atomic mass is 9.73. The first-order valence-corrected chi connectivity index (χ1v) is 14.3. The maximum absolute atomic E-state index is 13.6. The van der Waals surface area contributed by atoms with E-state index >= 15 is 0 Å². The highest BCUT2D eigenvalue weighted by molar-refractivity contribution is 8.34. The molecule has 3 aliphatic heterocycles. The lowest BCUT2D eigenvalue weighted by Gasteiger charge is -2.45. The summed E-state index contributed by atoms with van der Waals surface area (Å²) in [4.78, 5) is 55.4. The van der Waals surface area contributed by atoms with Crippen molar-refractivity contribution >= 4 is 33.7 Å².